The van der Waals surface area contributed by atoms with Crippen LogP contribution in [-0.4, -0.2) is 41.5 Å². The van der Waals surface area contributed by atoms with Gasteiger partial charge < -0.3 is 10.6 Å². The SMILES string of the molecule is CC1CCC2(CC1)NC(=O)N(CC(C)CNC(C)C)C2=O. The maximum Gasteiger partial charge on any atom is 0.325 e. The highest BCUT2D eigenvalue weighted by Gasteiger charge is 2.51. The van der Waals surface area contributed by atoms with E-state index in [1.165, 1.54) is 4.90 Å². The maximum absolute atomic E-state index is 12.7. The van der Waals surface area contributed by atoms with Crippen LogP contribution in [0.3, 0.4) is 0 Å². The molecular formula is C16H29N3O2. The Hall–Kier alpha value is -1.10. The van der Waals surface area contributed by atoms with Gasteiger partial charge in [0.15, 0.2) is 0 Å². The van der Waals surface area contributed by atoms with Gasteiger partial charge in [-0.25, -0.2) is 4.79 Å². The number of imide groups is 1. The average molecular weight is 295 g/mol. The van der Waals surface area contributed by atoms with Gasteiger partial charge in [0.25, 0.3) is 5.91 Å². The largest absolute Gasteiger partial charge is 0.325 e. The molecule has 21 heavy (non-hydrogen) atoms. The standard InChI is InChI=1S/C16H29N3O2/c1-11(2)17-9-13(4)10-19-14(20)16(18-15(19)21)7-5-12(3)6-8-16/h11-13,17H,5-10H2,1-4H3,(H,18,21). The molecule has 1 heterocycles. The first-order valence-corrected chi connectivity index (χ1v) is 8.21. The van der Waals surface area contributed by atoms with Crippen LogP contribution >= 0.6 is 0 Å². The van der Waals surface area contributed by atoms with Crippen molar-refractivity contribution in [1.29, 1.82) is 0 Å². The number of amides is 3. The Morgan fingerprint density at radius 2 is 1.90 bits per heavy atom. The first-order chi connectivity index (χ1) is 9.84. The second-order valence-corrected chi connectivity index (χ2v) is 7.28. The predicted octanol–water partition coefficient (Wildman–Crippen LogP) is 2.12. The number of nitrogens with zero attached hydrogens (tertiary/aromatic N) is 1. The summed E-state index contributed by atoms with van der Waals surface area (Å²) < 4.78 is 0. The van der Waals surface area contributed by atoms with E-state index in [1.54, 1.807) is 0 Å². The molecule has 2 aliphatic rings. The van der Waals surface area contributed by atoms with Gasteiger partial charge in [0.2, 0.25) is 0 Å². The highest BCUT2D eigenvalue weighted by atomic mass is 16.2. The molecular weight excluding hydrogens is 266 g/mol. The molecule has 5 heteroatoms. The molecule has 120 valence electrons. The Kier molecular flexibility index (Phi) is 4.91. The molecule has 5 nitrogen and oxygen atoms in total. The zero-order valence-electron chi connectivity index (χ0n) is 13.7. The Labute approximate surface area is 127 Å². The van der Waals surface area contributed by atoms with E-state index in [9.17, 15) is 9.59 Å². The highest BCUT2D eigenvalue weighted by Crippen LogP contribution is 2.36. The van der Waals surface area contributed by atoms with E-state index in [-0.39, 0.29) is 17.9 Å². The molecule has 1 spiro atoms. The third-order valence-corrected chi connectivity index (χ3v) is 4.74. The van der Waals surface area contributed by atoms with Crippen molar-refractivity contribution in [3.8, 4) is 0 Å². The second-order valence-electron chi connectivity index (χ2n) is 7.28. The first kappa shape index (κ1) is 16.3. The van der Waals surface area contributed by atoms with Gasteiger partial charge in [-0.3, -0.25) is 9.69 Å². The lowest BCUT2D eigenvalue weighted by molar-refractivity contribution is -0.133. The molecule has 2 N–H and O–H groups in total. The molecule has 1 saturated heterocycles. The number of hydrogen-bond acceptors (Lipinski definition) is 3. The number of hydrogen-bond donors (Lipinski definition) is 2. The number of urea groups is 1. The fourth-order valence-electron chi connectivity index (χ4n) is 3.25. The van der Waals surface area contributed by atoms with Crippen LogP contribution in [0.2, 0.25) is 0 Å². The molecule has 2 rings (SSSR count). The molecule has 0 aromatic rings. The van der Waals surface area contributed by atoms with Crippen molar-refractivity contribution in [2.24, 2.45) is 11.8 Å². The summed E-state index contributed by atoms with van der Waals surface area (Å²) in [5.41, 5.74) is -0.602. The molecule has 2 fully saturated rings. The van der Waals surface area contributed by atoms with Crippen molar-refractivity contribution in [3.05, 3.63) is 0 Å². The minimum absolute atomic E-state index is 0.00389. The van der Waals surface area contributed by atoms with Crippen molar-refractivity contribution in [1.82, 2.24) is 15.5 Å². The van der Waals surface area contributed by atoms with Gasteiger partial charge in [-0.2, -0.15) is 0 Å². The van der Waals surface area contributed by atoms with Crippen LogP contribution in [0.1, 0.15) is 53.4 Å². The number of rotatable bonds is 5. The van der Waals surface area contributed by atoms with Gasteiger partial charge in [-0.15, -0.1) is 0 Å². The first-order valence-electron chi connectivity index (χ1n) is 8.21. The molecule has 1 atom stereocenters. The normalized spacial score (nSPS) is 31.1. The van der Waals surface area contributed by atoms with E-state index < -0.39 is 5.54 Å². The molecule has 1 unspecified atom stereocenters. The zero-order chi connectivity index (χ0) is 15.6. The molecule has 0 aromatic heterocycles. The summed E-state index contributed by atoms with van der Waals surface area (Å²) in [6.07, 6.45) is 3.61. The maximum atomic E-state index is 12.7. The van der Waals surface area contributed by atoms with Gasteiger partial charge in [-0.05, 0) is 44.1 Å². The Balaban J connectivity index is 1.95. The highest BCUT2D eigenvalue weighted by molar-refractivity contribution is 6.07. The van der Waals surface area contributed by atoms with Crippen molar-refractivity contribution in [2.75, 3.05) is 13.1 Å². The minimum atomic E-state index is -0.602. The Bertz CT molecular complexity index is 400. The summed E-state index contributed by atoms with van der Waals surface area (Å²) in [5.74, 6) is 0.916. The van der Waals surface area contributed by atoms with Crippen LogP contribution in [-0.2, 0) is 4.79 Å². The second kappa shape index (κ2) is 6.34. The molecule has 1 aliphatic carbocycles. The minimum Gasteiger partial charge on any atom is -0.323 e. The Morgan fingerprint density at radius 3 is 2.48 bits per heavy atom. The van der Waals surface area contributed by atoms with Crippen LogP contribution in [0, 0.1) is 11.8 Å². The van der Waals surface area contributed by atoms with Crippen LogP contribution < -0.4 is 10.6 Å². The van der Waals surface area contributed by atoms with Gasteiger partial charge >= 0.3 is 6.03 Å². The van der Waals surface area contributed by atoms with E-state index in [2.05, 4.69) is 38.3 Å². The van der Waals surface area contributed by atoms with Crippen molar-refractivity contribution >= 4 is 11.9 Å². The van der Waals surface area contributed by atoms with Crippen LogP contribution in [0.4, 0.5) is 4.79 Å². The van der Waals surface area contributed by atoms with E-state index >= 15 is 0 Å². The third-order valence-electron chi connectivity index (χ3n) is 4.74. The van der Waals surface area contributed by atoms with Gasteiger partial charge in [0, 0.05) is 12.6 Å². The summed E-state index contributed by atoms with van der Waals surface area (Å²) in [6.45, 7) is 9.80. The van der Waals surface area contributed by atoms with Gasteiger partial charge in [0.1, 0.15) is 5.54 Å². The van der Waals surface area contributed by atoms with E-state index in [4.69, 9.17) is 0 Å². The molecule has 1 saturated carbocycles. The van der Waals surface area contributed by atoms with Gasteiger partial charge in [0.05, 0.1) is 0 Å². The monoisotopic (exact) mass is 295 g/mol. The number of carbonyl (C=O) groups excluding carboxylic acids is 2. The lowest BCUT2D eigenvalue weighted by Crippen LogP contribution is -2.49. The number of carbonyl (C=O) groups is 2. The summed E-state index contributed by atoms with van der Waals surface area (Å²) in [5, 5.41) is 6.33. The third kappa shape index (κ3) is 3.57. The van der Waals surface area contributed by atoms with Crippen molar-refractivity contribution in [2.45, 2.75) is 65.0 Å². The predicted molar refractivity (Wildman–Crippen MR) is 82.9 cm³/mol. The molecule has 0 bridgehead atoms. The smallest absolute Gasteiger partial charge is 0.323 e. The van der Waals surface area contributed by atoms with Crippen molar-refractivity contribution < 1.29 is 9.59 Å². The van der Waals surface area contributed by atoms with Crippen LogP contribution in [0.15, 0.2) is 0 Å². The quantitative estimate of drug-likeness (QED) is 0.764. The summed E-state index contributed by atoms with van der Waals surface area (Å²) in [4.78, 5) is 26.3. The fourth-order valence-corrected chi connectivity index (χ4v) is 3.25. The van der Waals surface area contributed by atoms with E-state index in [1.807, 2.05) is 0 Å². The lowest BCUT2D eigenvalue weighted by Gasteiger charge is -2.33. The summed E-state index contributed by atoms with van der Waals surface area (Å²) in [6, 6.07) is 0.215. The van der Waals surface area contributed by atoms with E-state index in [0.29, 0.717) is 18.5 Å². The molecule has 0 aromatic carbocycles. The topological polar surface area (TPSA) is 61.4 Å². The number of nitrogens with one attached hydrogen (secondary N) is 2. The molecule has 1 aliphatic heterocycles. The lowest BCUT2D eigenvalue weighted by atomic mass is 9.77. The summed E-state index contributed by atoms with van der Waals surface area (Å²) >= 11 is 0. The average Bonchev–Trinajstić information content (AvgIpc) is 2.65. The Morgan fingerprint density at radius 1 is 1.29 bits per heavy atom. The van der Waals surface area contributed by atoms with E-state index in [0.717, 1.165) is 32.2 Å². The fraction of sp³-hybridized carbons (Fsp3) is 0.875. The van der Waals surface area contributed by atoms with Crippen molar-refractivity contribution in [3.63, 3.8) is 0 Å². The van der Waals surface area contributed by atoms with Gasteiger partial charge in [-0.1, -0.05) is 27.7 Å². The molecule has 0 radical (unpaired) electrons. The zero-order valence-corrected chi connectivity index (χ0v) is 13.7. The van der Waals surface area contributed by atoms with Crippen LogP contribution in [0.25, 0.3) is 0 Å². The molecule has 3 amide bonds. The van der Waals surface area contributed by atoms with Crippen LogP contribution in [0.5, 0.6) is 0 Å². The summed E-state index contributed by atoms with van der Waals surface area (Å²) in [7, 11) is 0.